The third-order valence-corrected chi connectivity index (χ3v) is 7.95. The highest BCUT2D eigenvalue weighted by molar-refractivity contribution is 7.90. The van der Waals surface area contributed by atoms with E-state index in [-0.39, 0.29) is 23.6 Å². The molecule has 1 aromatic heterocycles. The average molecular weight is 553 g/mol. The number of amides is 2. The first-order chi connectivity index (χ1) is 19.4. The van der Waals surface area contributed by atoms with Gasteiger partial charge in [0.15, 0.2) is 0 Å². The van der Waals surface area contributed by atoms with E-state index < -0.39 is 15.9 Å². The van der Waals surface area contributed by atoms with Crippen molar-refractivity contribution < 1.29 is 18.0 Å². The van der Waals surface area contributed by atoms with Crippen molar-refractivity contribution in [2.45, 2.75) is 30.8 Å². The van der Waals surface area contributed by atoms with Gasteiger partial charge in [-0.05, 0) is 58.1 Å². The van der Waals surface area contributed by atoms with Gasteiger partial charge in [-0.1, -0.05) is 72.8 Å². The second-order valence-electron chi connectivity index (χ2n) is 9.36. The molecule has 0 unspecified atom stereocenters. The summed E-state index contributed by atoms with van der Waals surface area (Å²) in [6, 6.07) is 29.0. The van der Waals surface area contributed by atoms with E-state index in [9.17, 15) is 18.0 Å². The number of carbonyl (C=O) groups is 2. The first kappa shape index (κ1) is 26.8. The number of rotatable bonds is 10. The minimum Gasteiger partial charge on any atom is -0.348 e. The van der Waals surface area contributed by atoms with Gasteiger partial charge in [-0.2, -0.15) is 5.10 Å². The highest BCUT2D eigenvalue weighted by Gasteiger charge is 2.19. The zero-order valence-electron chi connectivity index (χ0n) is 21.7. The van der Waals surface area contributed by atoms with Crippen molar-refractivity contribution >= 4 is 32.6 Å². The molecular formula is C31H28N4O4S. The lowest BCUT2D eigenvalue weighted by molar-refractivity contribution is -0.119. The molecular weight excluding hydrogens is 524 g/mol. The lowest BCUT2D eigenvalue weighted by Crippen LogP contribution is -2.31. The van der Waals surface area contributed by atoms with E-state index in [4.69, 9.17) is 0 Å². The molecule has 0 atom stereocenters. The number of hydrogen-bond acceptors (Lipinski definition) is 5. The molecule has 0 saturated heterocycles. The molecule has 0 fully saturated rings. The summed E-state index contributed by atoms with van der Waals surface area (Å²) in [5.74, 6) is -0.922. The Labute approximate surface area is 232 Å². The first-order valence-corrected chi connectivity index (χ1v) is 14.3. The molecule has 4 aromatic carbocycles. The summed E-state index contributed by atoms with van der Waals surface area (Å²) in [6.45, 7) is 0.811. The van der Waals surface area contributed by atoms with E-state index in [0.717, 1.165) is 21.9 Å². The third-order valence-electron chi connectivity index (χ3n) is 6.57. The van der Waals surface area contributed by atoms with Crippen LogP contribution in [-0.4, -0.2) is 30.0 Å². The van der Waals surface area contributed by atoms with Crippen LogP contribution in [0.3, 0.4) is 0 Å². The molecule has 0 bridgehead atoms. The van der Waals surface area contributed by atoms with Gasteiger partial charge in [-0.3, -0.25) is 14.3 Å². The van der Waals surface area contributed by atoms with Crippen molar-refractivity contribution in [2.24, 2.45) is 0 Å². The maximum Gasteiger partial charge on any atom is 0.264 e. The van der Waals surface area contributed by atoms with Gasteiger partial charge >= 0.3 is 0 Å². The van der Waals surface area contributed by atoms with Crippen LogP contribution in [0.5, 0.6) is 0 Å². The maximum absolute atomic E-state index is 13.5. The zero-order valence-corrected chi connectivity index (χ0v) is 22.5. The Morgan fingerprint density at radius 3 is 2.40 bits per heavy atom. The van der Waals surface area contributed by atoms with Crippen molar-refractivity contribution in [1.82, 2.24) is 19.8 Å². The number of nitrogens with zero attached hydrogens (tertiary/aromatic N) is 2. The summed E-state index contributed by atoms with van der Waals surface area (Å²) in [5.41, 5.74) is 2.94. The molecule has 0 saturated carbocycles. The molecule has 9 heteroatoms. The SMILES string of the molecule is O=C(CCc1ccc(Cn2cccn2)cc1C(=O)NCc1cccc2ccccc12)NS(=O)(=O)c1ccccc1. The summed E-state index contributed by atoms with van der Waals surface area (Å²) in [4.78, 5) is 26.1. The van der Waals surface area contributed by atoms with E-state index in [0.29, 0.717) is 24.2 Å². The highest BCUT2D eigenvalue weighted by atomic mass is 32.2. The number of aromatic nitrogens is 2. The molecule has 2 amide bonds. The predicted molar refractivity (Wildman–Crippen MR) is 153 cm³/mol. The van der Waals surface area contributed by atoms with Crippen LogP contribution in [0.25, 0.3) is 10.8 Å². The molecule has 0 radical (unpaired) electrons. The van der Waals surface area contributed by atoms with Crippen LogP contribution in [0.4, 0.5) is 0 Å². The number of aryl methyl sites for hydroxylation is 1. The van der Waals surface area contributed by atoms with Crippen LogP contribution in [0.2, 0.25) is 0 Å². The lowest BCUT2D eigenvalue weighted by atomic mass is 9.98. The predicted octanol–water partition coefficient (Wildman–Crippen LogP) is 4.45. The number of benzene rings is 4. The van der Waals surface area contributed by atoms with Gasteiger partial charge < -0.3 is 5.32 Å². The lowest BCUT2D eigenvalue weighted by Gasteiger charge is -2.14. The van der Waals surface area contributed by atoms with Crippen molar-refractivity contribution in [3.63, 3.8) is 0 Å². The normalized spacial score (nSPS) is 11.3. The van der Waals surface area contributed by atoms with Crippen molar-refractivity contribution in [1.29, 1.82) is 0 Å². The van der Waals surface area contributed by atoms with E-state index >= 15 is 0 Å². The number of carbonyl (C=O) groups excluding carboxylic acids is 2. The largest absolute Gasteiger partial charge is 0.348 e. The molecule has 0 aliphatic heterocycles. The number of sulfonamides is 1. The summed E-state index contributed by atoms with van der Waals surface area (Å²) < 4.78 is 28.9. The third kappa shape index (κ3) is 6.44. The smallest absolute Gasteiger partial charge is 0.264 e. The van der Waals surface area contributed by atoms with E-state index in [1.807, 2.05) is 66.9 Å². The Morgan fingerprint density at radius 2 is 1.60 bits per heavy atom. The van der Waals surface area contributed by atoms with Crippen LogP contribution in [0.15, 0.2) is 114 Å². The summed E-state index contributed by atoms with van der Waals surface area (Å²) in [7, 11) is -3.97. The van der Waals surface area contributed by atoms with Gasteiger partial charge in [0.2, 0.25) is 5.91 Å². The van der Waals surface area contributed by atoms with E-state index in [1.165, 1.54) is 12.1 Å². The minimum atomic E-state index is -3.97. The Bertz CT molecular complexity index is 1750. The summed E-state index contributed by atoms with van der Waals surface area (Å²) >= 11 is 0. The van der Waals surface area contributed by atoms with Crippen LogP contribution in [0, 0.1) is 0 Å². The van der Waals surface area contributed by atoms with Gasteiger partial charge in [-0.25, -0.2) is 13.1 Å². The second kappa shape index (κ2) is 12.0. The van der Waals surface area contributed by atoms with Crippen molar-refractivity contribution in [3.05, 3.63) is 132 Å². The molecule has 0 aliphatic rings. The Kier molecular flexibility index (Phi) is 8.02. The van der Waals surface area contributed by atoms with E-state index in [2.05, 4.69) is 15.1 Å². The molecule has 40 heavy (non-hydrogen) atoms. The molecule has 5 aromatic rings. The molecule has 8 nitrogen and oxygen atoms in total. The van der Waals surface area contributed by atoms with Gasteiger partial charge in [-0.15, -0.1) is 0 Å². The fourth-order valence-electron chi connectivity index (χ4n) is 4.56. The molecule has 0 aliphatic carbocycles. The van der Waals surface area contributed by atoms with Gasteiger partial charge in [0.25, 0.3) is 15.9 Å². The molecule has 0 spiro atoms. The van der Waals surface area contributed by atoms with Gasteiger partial charge in [0.1, 0.15) is 0 Å². The van der Waals surface area contributed by atoms with Crippen LogP contribution in [0.1, 0.15) is 33.5 Å². The maximum atomic E-state index is 13.5. The monoisotopic (exact) mass is 552 g/mol. The molecule has 202 valence electrons. The Morgan fingerprint density at radius 1 is 0.825 bits per heavy atom. The van der Waals surface area contributed by atoms with Gasteiger partial charge in [0, 0.05) is 30.9 Å². The highest BCUT2D eigenvalue weighted by Crippen LogP contribution is 2.20. The van der Waals surface area contributed by atoms with Crippen LogP contribution in [-0.2, 0) is 34.3 Å². The first-order valence-electron chi connectivity index (χ1n) is 12.8. The van der Waals surface area contributed by atoms with Crippen LogP contribution < -0.4 is 10.0 Å². The van der Waals surface area contributed by atoms with Gasteiger partial charge in [0.05, 0.1) is 11.4 Å². The standard InChI is InChI=1S/C31H28N4O4S/c36-30(34-40(38,39)27-11-2-1-3-12-27)17-16-25-15-14-23(22-35-19-7-18-33-35)20-29(25)31(37)32-21-26-10-6-9-24-8-4-5-13-28(24)26/h1-15,18-20H,16-17,21-22H2,(H,32,37)(H,34,36). The summed E-state index contributed by atoms with van der Waals surface area (Å²) in [5, 5.41) is 9.42. The summed E-state index contributed by atoms with van der Waals surface area (Å²) in [6.07, 6.45) is 3.61. The van der Waals surface area contributed by atoms with E-state index in [1.54, 1.807) is 35.1 Å². The van der Waals surface area contributed by atoms with Crippen molar-refractivity contribution in [3.8, 4) is 0 Å². The molecule has 2 N–H and O–H groups in total. The Hall–Kier alpha value is -4.76. The number of hydrogen-bond donors (Lipinski definition) is 2. The quantitative estimate of drug-likeness (QED) is 0.266. The van der Waals surface area contributed by atoms with Crippen molar-refractivity contribution in [2.75, 3.05) is 0 Å². The topological polar surface area (TPSA) is 110 Å². The number of nitrogens with one attached hydrogen (secondary N) is 2. The zero-order chi connectivity index (χ0) is 28.0. The second-order valence-corrected chi connectivity index (χ2v) is 11.0. The van der Waals surface area contributed by atoms with Crippen LogP contribution >= 0.6 is 0 Å². The minimum absolute atomic E-state index is 0.0137. The average Bonchev–Trinajstić information content (AvgIpc) is 3.48. The molecule has 5 rings (SSSR count). The fourth-order valence-corrected chi connectivity index (χ4v) is 5.59. The Balaban J connectivity index is 1.33. The fraction of sp³-hybridized carbons (Fsp3) is 0.129. The molecule has 1 heterocycles. The number of fused-ring (bicyclic) bond motifs is 1.